The van der Waals surface area contributed by atoms with Crippen LogP contribution >= 0.6 is 0 Å². The predicted octanol–water partition coefficient (Wildman–Crippen LogP) is 0.463. The molecule has 0 bridgehead atoms. The van der Waals surface area contributed by atoms with Crippen molar-refractivity contribution < 1.29 is 10.0 Å². The zero-order valence-electron chi connectivity index (χ0n) is 11.3. The molecule has 0 aliphatic heterocycles. The topological polar surface area (TPSA) is 91.0 Å². The van der Waals surface area contributed by atoms with Gasteiger partial charge in [-0.15, -0.1) is 0 Å². The maximum absolute atomic E-state index is 11.9. The molecule has 0 aliphatic carbocycles. The van der Waals surface area contributed by atoms with Crippen LogP contribution in [0.25, 0.3) is 0 Å². The Balaban J connectivity index is 2.57. The highest BCUT2D eigenvalue weighted by molar-refractivity contribution is 6.01. The summed E-state index contributed by atoms with van der Waals surface area (Å²) in [5.74, 6) is -0.173. The Morgan fingerprint density at radius 1 is 1.42 bits per heavy atom. The van der Waals surface area contributed by atoms with Crippen molar-refractivity contribution in [3.05, 3.63) is 35.4 Å². The summed E-state index contributed by atoms with van der Waals surface area (Å²) in [5.41, 5.74) is 6.49. The van der Waals surface area contributed by atoms with Crippen LogP contribution in [-0.2, 0) is 0 Å². The van der Waals surface area contributed by atoms with Crippen molar-refractivity contribution in [2.75, 3.05) is 27.2 Å². The first kappa shape index (κ1) is 15.0. The molecule has 0 saturated heterocycles. The third kappa shape index (κ3) is 4.97. The number of oxime groups is 1. The van der Waals surface area contributed by atoms with E-state index in [-0.39, 0.29) is 11.7 Å². The average molecular weight is 264 g/mol. The zero-order chi connectivity index (χ0) is 14.3. The van der Waals surface area contributed by atoms with Crippen LogP contribution in [-0.4, -0.2) is 49.0 Å². The fourth-order valence-electron chi connectivity index (χ4n) is 1.58. The van der Waals surface area contributed by atoms with Gasteiger partial charge in [0, 0.05) is 17.7 Å². The third-order valence-corrected chi connectivity index (χ3v) is 2.60. The molecule has 0 atom stereocenters. The molecule has 104 valence electrons. The van der Waals surface area contributed by atoms with Crippen LogP contribution in [0.4, 0.5) is 0 Å². The van der Waals surface area contributed by atoms with Gasteiger partial charge in [-0.25, -0.2) is 0 Å². The van der Waals surface area contributed by atoms with E-state index in [4.69, 9.17) is 10.9 Å². The number of rotatable bonds is 6. The van der Waals surface area contributed by atoms with Gasteiger partial charge in [0.25, 0.3) is 5.91 Å². The monoisotopic (exact) mass is 264 g/mol. The summed E-state index contributed by atoms with van der Waals surface area (Å²) in [5, 5.41) is 14.3. The van der Waals surface area contributed by atoms with Crippen LogP contribution in [0.15, 0.2) is 29.4 Å². The molecule has 0 unspecified atom stereocenters. The summed E-state index contributed by atoms with van der Waals surface area (Å²) >= 11 is 0. The van der Waals surface area contributed by atoms with Crippen LogP contribution in [0.3, 0.4) is 0 Å². The number of nitrogens with one attached hydrogen (secondary N) is 1. The first-order valence-corrected chi connectivity index (χ1v) is 6.05. The van der Waals surface area contributed by atoms with Gasteiger partial charge in [0.05, 0.1) is 0 Å². The summed E-state index contributed by atoms with van der Waals surface area (Å²) < 4.78 is 0. The van der Waals surface area contributed by atoms with E-state index in [1.807, 2.05) is 14.1 Å². The largest absolute Gasteiger partial charge is 0.409 e. The Labute approximate surface area is 112 Å². The van der Waals surface area contributed by atoms with E-state index in [1.165, 1.54) is 0 Å². The highest BCUT2D eigenvalue weighted by Crippen LogP contribution is 2.05. The molecule has 0 spiro atoms. The van der Waals surface area contributed by atoms with Crippen LogP contribution < -0.4 is 11.1 Å². The average Bonchev–Trinajstić information content (AvgIpc) is 2.42. The molecule has 0 heterocycles. The second-order valence-corrected chi connectivity index (χ2v) is 4.48. The molecule has 6 nitrogen and oxygen atoms in total. The fraction of sp³-hybridized carbons (Fsp3) is 0.385. The predicted molar refractivity (Wildman–Crippen MR) is 74.5 cm³/mol. The highest BCUT2D eigenvalue weighted by atomic mass is 16.4. The van der Waals surface area contributed by atoms with Crippen LogP contribution in [0.1, 0.15) is 22.3 Å². The van der Waals surface area contributed by atoms with Crippen molar-refractivity contribution >= 4 is 11.7 Å². The van der Waals surface area contributed by atoms with Crippen molar-refractivity contribution in [1.29, 1.82) is 0 Å². The van der Waals surface area contributed by atoms with Crippen LogP contribution in [0.2, 0.25) is 0 Å². The van der Waals surface area contributed by atoms with Crippen LogP contribution in [0, 0.1) is 0 Å². The van der Waals surface area contributed by atoms with Gasteiger partial charge in [0.15, 0.2) is 5.84 Å². The standard InChI is InChI=1S/C13H20N4O2/c1-17(2)8-4-7-15-13(18)11-6-3-5-10(9-11)12(14)16-19/h3,5-6,9,19H,4,7-8H2,1-2H3,(H2,14,16)(H,15,18). The van der Waals surface area contributed by atoms with Gasteiger partial charge >= 0.3 is 0 Å². The van der Waals surface area contributed by atoms with Gasteiger partial charge in [0.1, 0.15) is 0 Å². The van der Waals surface area contributed by atoms with E-state index in [0.717, 1.165) is 13.0 Å². The number of nitrogens with two attached hydrogens (primary N) is 1. The molecule has 1 aromatic rings. The molecule has 4 N–H and O–H groups in total. The molecular formula is C13H20N4O2. The first-order valence-electron chi connectivity index (χ1n) is 6.05. The molecule has 0 saturated carbocycles. The minimum absolute atomic E-state index is 0.0118. The second kappa shape index (κ2) is 7.38. The lowest BCUT2D eigenvalue weighted by atomic mass is 10.1. The molecule has 1 rings (SSSR count). The zero-order valence-corrected chi connectivity index (χ0v) is 11.3. The SMILES string of the molecule is CN(C)CCCNC(=O)c1cccc(/C(N)=N/O)c1. The Morgan fingerprint density at radius 3 is 2.74 bits per heavy atom. The lowest BCUT2D eigenvalue weighted by Crippen LogP contribution is -2.27. The summed E-state index contributed by atoms with van der Waals surface area (Å²) in [4.78, 5) is 13.9. The minimum Gasteiger partial charge on any atom is -0.409 e. The fourth-order valence-corrected chi connectivity index (χ4v) is 1.58. The molecule has 0 aliphatic rings. The van der Waals surface area contributed by atoms with E-state index >= 15 is 0 Å². The Bertz CT molecular complexity index is 458. The van der Waals surface area contributed by atoms with Gasteiger partial charge in [-0.3, -0.25) is 4.79 Å². The smallest absolute Gasteiger partial charge is 0.251 e. The number of hydrogen-bond acceptors (Lipinski definition) is 4. The van der Waals surface area contributed by atoms with Crippen molar-refractivity contribution in [2.24, 2.45) is 10.9 Å². The minimum atomic E-state index is -0.161. The molecule has 6 heteroatoms. The van der Waals surface area contributed by atoms with E-state index in [0.29, 0.717) is 17.7 Å². The number of amidine groups is 1. The van der Waals surface area contributed by atoms with Crippen molar-refractivity contribution in [1.82, 2.24) is 10.2 Å². The molecule has 0 aromatic heterocycles. The quantitative estimate of drug-likeness (QED) is 0.229. The number of nitrogens with zero attached hydrogens (tertiary/aromatic N) is 2. The molecular weight excluding hydrogens is 244 g/mol. The number of hydrogen-bond donors (Lipinski definition) is 3. The Morgan fingerprint density at radius 2 is 2.11 bits per heavy atom. The molecule has 1 aromatic carbocycles. The van der Waals surface area contributed by atoms with Gasteiger partial charge in [0.2, 0.25) is 0 Å². The molecule has 0 radical (unpaired) electrons. The molecule has 19 heavy (non-hydrogen) atoms. The summed E-state index contributed by atoms with van der Waals surface area (Å²) in [6.45, 7) is 1.54. The number of amides is 1. The summed E-state index contributed by atoms with van der Waals surface area (Å²) in [6.07, 6.45) is 0.888. The Hall–Kier alpha value is -2.08. The third-order valence-electron chi connectivity index (χ3n) is 2.60. The van der Waals surface area contributed by atoms with Crippen molar-refractivity contribution in [2.45, 2.75) is 6.42 Å². The van der Waals surface area contributed by atoms with Gasteiger partial charge < -0.3 is 21.2 Å². The number of benzene rings is 1. The van der Waals surface area contributed by atoms with E-state index in [2.05, 4.69) is 15.4 Å². The van der Waals surface area contributed by atoms with E-state index < -0.39 is 0 Å². The summed E-state index contributed by atoms with van der Waals surface area (Å²) in [6, 6.07) is 6.66. The molecule has 0 fully saturated rings. The lowest BCUT2D eigenvalue weighted by Gasteiger charge is -2.10. The van der Waals surface area contributed by atoms with Gasteiger partial charge in [-0.2, -0.15) is 0 Å². The van der Waals surface area contributed by atoms with Gasteiger partial charge in [-0.1, -0.05) is 17.3 Å². The lowest BCUT2D eigenvalue weighted by molar-refractivity contribution is 0.0952. The summed E-state index contributed by atoms with van der Waals surface area (Å²) in [7, 11) is 3.98. The maximum atomic E-state index is 11.9. The number of carbonyl (C=O) groups is 1. The molecule has 1 amide bonds. The van der Waals surface area contributed by atoms with E-state index in [9.17, 15) is 4.79 Å². The van der Waals surface area contributed by atoms with Crippen molar-refractivity contribution in [3.63, 3.8) is 0 Å². The normalized spacial score (nSPS) is 11.6. The van der Waals surface area contributed by atoms with Crippen LogP contribution in [0.5, 0.6) is 0 Å². The maximum Gasteiger partial charge on any atom is 0.251 e. The second-order valence-electron chi connectivity index (χ2n) is 4.48. The van der Waals surface area contributed by atoms with Crippen molar-refractivity contribution in [3.8, 4) is 0 Å². The van der Waals surface area contributed by atoms with E-state index in [1.54, 1.807) is 24.3 Å². The van der Waals surface area contributed by atoms with Gasteiger partial charge in [-0.05, 0) is 39.2 Å². The first-order chi connectivity index (χ1) is 9.04. The number of carbonyl (C=O) groups excluding carboxylic acids is 1. The highest BCUT2D eigenvalue weighted by Gasteiger charge is 2.07. The Kier molecular flexibility index (Phi) is 5.81.